The second-order valence-corrected chi connectivity index (χ2v) is 4.97. The van der Waals surface area contributed by atoms with E-state index in [4.69, 9.17) is 0 Å². The van der Waals surface area contributed by atoms with Gasteiger partial charge in [0.25, 0.3) is 0 Å². The zero-order valence-corrected chi connectivity index (χ0v) is 9.85. The number of benzene rings is 1. The first kappa shape index (κ1) is 10.5. The lowest BCUT2D eigenvalue weighted by Crippen LogP contribution is -2.53. The van der Waals surface area contributed by atoms with E-state index in [0.717, 1.165) is 29.4 Å². The molecule has 17 heavy (non-hydrogen) atoms. The molecule has 3 nitrogen and oxygen atoms in total. The number of rotatable bonds is 2. The molecule has 0 saturated heterocycles. The van der Waals surface area contributed by atoms with Crippen LogP contribution in [-0.2, 0) is 0 Å². The van der Waals surface area contributed by atoms with Crippen molar-refractivity contribution in [2.24, 2.45) is 0 Å². The summed E-state index contributed by atoms with van der Waals surface area (Å²) in [5.41, 5.74) is 1.46. The maximum atomic E-state index is 10.0. The molecule has 1 heterocycles. The third-order valence-electron chi connectivity index (χ3n) is 3.67. The van der Waals surface area contributed by atoms with Crippen molar-refractivity contribution in [3.05, 3.63) is 36.5 Å². The predicted molar refractivity (Wildman–Crippen MR) is 69.0 cm³/mol. The van der Waals surface area contributed by atoms with Gasteiger partial charge in [0.15, 0.2) is 0 Å². The van der Waals surface area contributed by atoms with Crippen molar-refractivity contribution < 1.29 is 5.11 Å². The third kappa shape index (κ3) is 1.76. The highest BCUT2D eigenvalue weighted by Gasteiger charge is 2.40. The van der Waals surface area contributed by atoms with E-state index in [1.807, 2.05) is 31.2 Å². The first-order valence-electron chi connectivity index (χ1n) is 5.99. The fourth-order valence-corrected chi connectivity index (χ4v) is 2.35. The lowest BCUT2D eigenvalue weighted by atomic mass is 9.76. The van der Waals surface area contributed by atoms with Crippen molar-refractivity contribution in [1.82, 2.24) is 4.98 Å². The first-order chi connectivity index (χ1) is 8.17. The Morgan fingerprint density at radius 2 is 2.24 bits per heavy atom. The highest BCUT2D eigenvalue weighted by Crippen LogP contribution is 2.35. The van der Waals surface area contributed by atoms with E-state index in [-0.39, 0.29) is 6.04 Å². The average molecular weight is 228 g/mol. The summed E-state index contributed by atoms with van der Waals surface area (Å²) in [6.07, 6.45) is 3.68. The van der Waals surface area contributed by atoms with E-state index in [0.29, 0.717) is 0 Å². The molecule has 1 fully saturated rings. The molecule has 0 amide bonds. The summed E-state index contributed by atoms with van der Waals surface area (Å²) in [7, 11) is 0. The molecule has 0 radical (unpaired) electrons. The fraction of sp³-hybridized carbons (Fsp3) is 0.357. The second-order valence-electron chi connectivity index (χ2n) is 4.97. The second kappa shape index (κ2) is 3.70. The van der Waals surface area contributed by atoms with Crippen LogP contribution in [0.25, 0.3) is 10.9 Å². The minimum absolute atomic E-state index is 0.147. The summed E-state index contributed by atoms with van der Waals surface area (Å²) in [6.45, 7) is 1.89. The Labute approximate surface area is 100 Å². The van der Waals surface area contributed by atoms with Crippen molar-refractivity contribution in [2.45, 2.75) is 31.4 Å². The summed E-state index contributed by atoms with van der Waals surface area (Å²) >= 11 is 0. The quantitative estimate of drug-likeness (QED) is 0.830. The van der Waals surface area contributed by atoms with Crippen molar-refractivity contribution in [1.29, 1.82) is 0 Å². The smallest absolute Gasteiger partial charge is 0.0820 e. The Kier molecular flexibility index (Phi) is 2.30. The molecule has 88 valence electrons. The van der Waals surface area contributed by atoms with Gasteiger partial charge in [-0.25, -0.2) is 0 Å². The monoisotopic (exact) mass is 228 g/mol. The van der Waals surface area contributed by atoms with Crippen LogP contribution >= 0.6 is 0 Å². The zero-order chi connectivity index (χ0) is 11.9. The molecule has 3 heteroatoms. The van der Waals surface area contributed by atoms with Crippen LogP contribution in [0.1, 0.15) is 19.8 Å². The van der Waals surface area contributed by atoms with E-state index in [1.54, 1.807) is 6.20 Å². The number of hydrogen-bond donors (Lipinski definition) is 2. The van der Waals surface area contributed by atoms with Crippen LogP contribution in [0.4, 0.5) is 5.69 Å². The molecule has 0 bridgehead atoms. The molecular formula is C14H16N2O. The molecule has 2 atom stereocenters. The number of fused-ring (bicyclic) bond motifs is 1. The predicted octanol–water partition coefficient (Wildman–Crippen LogP) is 2.56. The highest BCUT2D eigenvalue weighted by atomic mass is 16.3. The van der Waals surface area contributed by atoms with E-state index in [2.05, 4.69) is 16.4 Å². The number of nitrogens with one attached hydrogen (secondary N) is 1. The summed E-state index contributed by atoms with van der Waals surface area (Å²) in [4.78, 5) is 4.33. The van der Waals surface area contributed by atoms with Crippen LogP contribution < -0.4 is 5.32 Å². The summed E-state index contributed by atoms with van der Waals surface area (Å²) < 4.78 is 0. The lowest BCUT2D eigenvalue weighted by Gasteiger charge is -2.43. The molecule has 0 unspecified atom stereocenters. The van der Waals surface area contributed by atoms with Gasteiger partial charge < -0.3 is 10.4 Å². The highest BCUT2D eigenvalue weighted by molar-refractivity contribution is 5.91. The van der Waals surface area contributed by atoms with Crippen LogP contribution in [0.2, 0.25) is 0 Å². The molecule has 1 aromatic carbocycles. The van der Waals surface area contributed by atoms with E-state index < -0.39 is 5.60 Å². The zero-order valence-electron chi connectivity index (χ0n) is 9.85. The fourth-order valence-electron chi connectivity index (χ4n) is 2.35. The number of nitrogens with zero attached hydrogens (tertiary/aromatic N) is 1. The Morgan fingerprint density at radius 1 is 1.35 bits per heavy atom. The normalized spacial score (nSPS) is 27.8. The number of anilines is 1. The van der Waals surface area contributed by atoms with Gasteiger partial charge in [-0.05, 0) is 44.0 Å². The molecule has 3 rings (SSSR count). The van der Waals surface area contributed by atoms with Crippen LogP contribution in [0.3, 0.4) is 0 Å². The Bertz CT molecular complexity index is 545. The molecule has 2 N–H and O–H groups in total. The van der Waals surface area contributed by atoms with Gasteiger partial charge in [0.05, 0.1) is 17.2 Å². The van der Waals surface area contributed by atoms with Gasteiger partial charge in [-0.3, -0.25) is 4.98 Å². The summed E-state index contributed by atoms with van der Waals surface area (Å²) in [5, 5.41) is 14.6. The van der Waals surface area contributed by atoms with Gasteiger partial charge in [-0.2, -0.15) is 0 Å². The molecule has 0 spiro atoms. The maximum Gasteiger partial charge on any atom is 0.0820 e. The summed E-state index contributed by atoms with van der Waals surface area (Å²) in [5.74, 6) is 0. The molecule has 1 saturated carbocycles. The molecule has 1 aromatic heterocycles. The van der Waals surface area contributed by atoms with E-state index in [9.17, 15) is 5.11 Å². The van der Waals surface area contributed by atoms with Crippen molar-refractivity contribution in [2.75, 3.05) is 5.32 Å². The molecular weight excluding hydrogens is 212 g/mol. The average Bonchev–Trinajstić information content (AvgIpc) is 2.35. The van der Waals surface area contributed by atoms with Gasteiger partial charge in [0.2, 0.25) is 0 Å². The van der Waals surface area contributed by atoms with Crippen molar-refractivity contribution in [3.63, 3.8) is 0 Å². The molecule has 1 aliphatic carbocycles. The van der Waals surface area contributed by atoms with Crippen molar-refractivity contribution >= 4 is 16.6 Å². The van der Waals surface area contributed by atoms with Crippen molar-refractivity contribution in [3.8, 4) is 0 Å². The first-order valence-corrected chi connectivity index (χ1v) is 5.99. The number of aromatic nitrogens is 1. The SMILES string of the molecule is C[C@]1(O)CC[C@@H]1Nc1cccc2ncccc12. The van der Waals surface area contributed by atoms with E-state index >= 15 is 0 Å². The molecule has 2 aromatic rings. The maximum absolute atomic E-state index is 10.0. The van der Waals surface area contributed by atoms with Crippen LogP contribution in [0, 0.1) is 0 Å². The van der Waals surface area contributed by atoms with Crippen LogP contribution in [0.15, 0.2) is 36.5 Å². The van der Waals surface area contributed by atoms with Gasteiger partial charge in [0.1, 0.15) is 0 Å². The topological polar surface area (TPSA) is 45.1 Å². The lowest BCUT2D eigenvalue weighted by molar-refractivity contribution is -0.0285. The minimum atomic E-state index is -0.579. The number of hydrogen-bond acceptors (Lipinski definition) is 3. The van der Waals surface area contributed by atoms with Gasteiger partial charge in [0, 0.05) is 17.3 Å². The Balaban J connectivity index is 1.95. The van der Waals surface area contributed by atoms with Crippen LogP contribution in [-0.4, -0.2) is 21.7 Å². The Morgan fingerprint density at radius 3 is 2.94 bits per heavy atom. The minimum Gasteiger partial charge on any atom is -0.388 e. The van der Waals surface area contributed by atoms with Crippen LogP contribution in [0.5, 0.6) is 0 Å². The number of pyridine rings is 1. The third-order valence-corrected chi connectivity index (χ3v) is 3.67. The largest absolute Gasteiger partial charge is 0.388 e. The van der Waals surface area contributed by atoms with Gasteiger partial charge in [-0.15, -0.1) is 0 Å². The number of aliphatic hydroxyl groups is 1. The summed E-state index contributed by atoms with van der Waals surface area (Å²) in [6, 6.07) is 10.2. The Hall–Kier alpha value is -1.61. The van der Waals surface area contributed by atoms with Gasteiger partial charge in [-0.1, -0.05) is 6.07 Å². The molecule has 1 aliphatic rings. The molecule has 0 aliphatic heterocycles. The van der Waals surface area contributed by atoms with E-state index in [1.165, 1.54) is 0 Å². The van der Waals surface area contributed by atoms with Gasteiger partial charge >= 0.3 is 0 Å². The standard InChI is InChI=1S/C14H16N2O/c1-14(17)8-7-13(14)16-12-6-2-5-11-10(12)4-3-9-15-11/h2-6,9,13,16-17H,7-8H2,1H3/t13-,14-/m0/s1.